The van der Waals surface area contributed by atoms with E-state index in [4.69, 9.17) is 21.3 Å². The van der Waals surface area contributed by atoms with Crippen molar-refractivity contribution in [2.24, 2.45) is 7.05 Å². The Balaban J connectivity index is 1.82. The monoisotopic (exact) mass is 519 g/mol. The minimum absolute atomic E-state index is 0.609. The molecule has 0 saturated heterocycles. The van der Waals surface area contributed by atoms with E-state index >= 15 is 0 Å². The van der Waals surface area contributed by atoms with Gasteiger partial charge in [-0.2, -0.15) is 5.10 Å². The fourth-order valence-electron chi connectivity index (χ4n) is 4.50. The first-order valence-corrected chi connectivity index (χ1v) is 12.7. The van der Waals surface area contributed by atoms with Crippen molar-refractivity contribution >= 4 is 50.0 Å². The molecule has 8 heteroatoms. The van der Waals surface area contributed by atoms with Gasteiger partial charge in [-0.25, -0.2) is 9.78 Å². The lowest BCUT2D eigenvalue weighted by Crippen LogP contribution is -2.28. The standard InChI is InChI=1S/C28H26ClN3O3S/c1-15-13-21-25(36-26(30-21)18-7-6-8-20-19(18)14-32(5)31-20)23(16-9-11-17(29)12-10-16)22(15)24(27(33)34)35-28(2,3)4/h6-14,24H,1-5H3,(H,33,34). The van der Waals surface area contributed by atoms with Gasteiger partial charge < -0.3 is 9.84 Å². The molecule has 6 nitrogen and oxygen atoms in total. The van der Waals surface area contributed by atoms with Crippen LogP contribution in [0.15, 0.2) is 54.7 Å². The zero-order chi connectivity index (χ0) is 25.8. The summed E-state index contributed by atoms with van der Waals surface area (Å²) in [5, 5.41) is 17.2. The molecule has 0 bridgehead atoms. The molecule has 0 radical (unpaired) electrons. The summed E-state index contributed by atoms with van der Waals surface area (Å²) in [7, 11) is 1.90. The number of hydrogen-bond acceptors (Lipinski definition) is 5. The summed E-state index contributed by atoms with van der Waals surface area (Å²) < 4.78 is 8.80. The van der Waals surface area contributed by atoms with E-state index < -0.39 is 17.7 Å². The minimum Gasteiger partial charge on any atom is -0.479 e. The lowest BCUT2D eigenvalue weighted by molar-refractivity contribution is -0.160. The smallest absolute Gasteiger partial charge is 0.337 e. The molecular weight excluding hydrogens is 494 g/mol. The Hall–Kier alpha value is -3.26. The van der Waals surface area contributed by atoms with Gasteiger partial charge in [0.1, 0.15) is 5.01 Å². The Bertz CT molecular complexity index is 1610. The van der Waals surface area contributed by atoms with Crippen LogP contribution in [-0.4, -0.2) is 31.4 Å². The molecule has 3 aromatic carbocycles. The highest BCUT2D eigenvalue weighted by molar-refractivity contribution is 7.22. The lowest BCUT2D eigenvalue weighted by atomic mass is 9.91. The van der Waals surface area contributed by atoms with Crippen LogP contribution >= 0.6 is 22.9 Å². The SMILES string of the molecule is Cc1cc2nc(-c3cccc4nn(C)cc34)sc2c(-c2ccc(Cl)cc2)c1C(OC(C)(C)C)C(=O)O. The lowest BCUT2D eigenvalue weighted by Gasteiger charge is -2.28. The molecule has 0 aliphatic carbocycles. The number of aryl methyl sites for hydroxylation is 2. The van der Waals surface area contributed by atoms with Gasteiger partial charge in [-0.3, -0.25) is 4.68 Å². The Morgan fingerprint density at radius 2 is 1.86 bits per heavy atom. The zero-order valence-corrected chi connectivity index (χ0v) is 22.2. The predicted octanol–water partition coefficient (Wildman–Crippen LogP) is 7.42. The van der Waals surface area contributed by atoms with Crippen molar-refractivity contribution in [3.63, 3.8) is 0 Å². The third kappa shape index (κ3) is 4.50. The van der Waals surface area contributed by atoms with E-state index in [0.29, 0.717) is 10.6 Å². The number of carboxylic acids is 1. The van der Waals surface area contributed by atoms with Crippen LogP contribution in [0.1, 0.15) is 38.0 Å². The van der Waals surface area contributed by atoms with Gasteiger partial charge in [0.15, 0.2) is 6.10 Å². The van der Waals surface area contributed by atoms with E-state index in [9.17, 15) is 9.90 Å². The molecule has 2 heterocycles. The highest BCUT2D eigenvalue weighted by atomic mass is 35.5. The van der Waals surface area contributed by atoms with Crippen molar-refractivity contribution in [1.82, 2.24) is 14.8 Å². The van der Waals surface area contributed by atoms with Crippen molar-refractivity contribution < 1.29 is 14.6 Å². The van der Waals surface area contributed by atoms with Crippen molar-refractivity contribution in [3.8, 4) is 21.7 Å². The van der Waals surface area contributed by atoms with Crippen LogP contribution in [0.25, 0.3) is 42.8 Å². The van der Waals surface area contributed by atoms with E-state index in [0.717, 1.165) is 48.4 Å². The summed E-state index contributed by atoms with van der Waals surface area (Å²) in [6.07, 6.45) is 0.845. The first-order chi connectivity index (χ1) is 17.0. The number of carboxylic acid groups (broad SMARTS) is 1. The maximum atomic E-state index is 12.5. The van der Waals surface area contributed by atoms with Gasteiger partial charge in [0.2, 0.25) is 0 Å². The summed E-state index contributed by atoms with van der Waals surface area (Å²) in [5.41, 5.74) is 5.14. The number of fused-ring (bicyclic) bond motifs is 2. The van der Waals surface area contributed by atoms with Gasteiger partial charge in [0.05, 0.1) is 21.3 Å². The normalized spacial score (nSPS) is 12.9. The van der Waals surface area contributed by atoms with Crippen LogP contribution in [0.2, 0.25) is 5.02 Å². The summed E-state index contributed by atoms with van der Waals surface area (Å²) >= 11 is 7.73. The molecule has 1 unspecified atom stereocenters. The molecule has 0 aliphatic heterocycles. The molecular formula is C28H26ClN3O3S. The maximum Gasteiger partial charge on any atom is 0.337 e. The van der Waals surface area contributed by atoms with Gasteiger partial charge in [0, 0.05) is 40.3 Å². The number of aliphatic carboxylic acids is 1. The number of benzene rings is 3. The molecule has 0 amide bonds. The third-order valence-corrected chi connectivity index (χ3v) is 7.29. The average Bonchev–Trinajstić information content (AvgIpc) is 3.38. The number of aromatic nitrogens is 3. The second kappa shape index (κ2) is 9.00. The summed E-state index contributed by atoms with van der Waals surface area (Å²) in [6.45, 7) is 7.49. The van der Waals surface area contributed by atoms with Gasteiger partial charge in [-0.1, -0.05) is 35.9 Å². The zero-order valence-electron chi connectivity index (χ0n) is 20.7. The number of halogens is 1. The fraction of sp³-hybridized carbons (Fsp3) is 0.250. The number of rotatable bonds is 5. The van der Waals surface area contributed by atoms with Gasteiger partial charge in [0.25, 0.3) is 0 Å². The van der Waals surface area contributed by atoms with Gasteiger partial charge >= 0.3 is 5.97 Å². The van der Waals surface area contributed by atoms with Crippen LogP contribution in [0.5, 0.6) is 0 Å². The van der Waals surface area contributed by atoms with Crippen molar-refractivity contribution in [2.75, 3.05) is 0 Å². The van der Waals surface area contributed by atoms with E-state index in [1.54, 1.807) is 16.0 Å². The molecule has 1 N–H and O–H groups in total. The molecule has 0 spiro atoms. The molecule has 0 fully saturated rings. The first-order valence-electron chi connectivity index (χ1n) is 11.5. The van der Waals surface area contributed by atoms with Crippen LogP contribution in [0.4, 0.5) is 0 Å². The fourth-order valence-corrected chi connectivity index (χ4v) is 5.79. The molecule has 5 rings (SSSR count). The predicted molar refractivity (Wildman–Crippen MR) is 146 cm³/mol. The van der Waals surface area contributed by atoms with Gasteiger partial charge in [-0.05, 0) is 63.1 Å². The minimum atomic E-state index is -1.15. The van der Waals surface area contributed by atoms with Crippen LogP contribution in [0.3, 0.4) is 0 Å². The average molecular weight is 520 g/mol. The Kier molecular flexibility index (Phi) is 6.11. The molecule has 2 aromatic heterocycles. The van der Waals surface area contributed by atoms with Gasteiger partial charge in [-0.15, -0.1) is 11.3 Å². The maximum absolute atomic E-state index is 12.5. The first kappa shape index (κ1) is 24.4. The van der Waals surface area contributed by atoms with Crippen molar-refractivity contribution in [2.45, 2.75) is 39.4 Å². The Labute approximate surface area is 218 Å². The van der Waals surface area contributed by atoms with Crippen LogP contribution in [0, 0.1) is 6.92 Å². The van der Waals surface area contributed by atoms with Crippen LogP contribution < -0.4 is 0 Å². The second-order valence-electron chi connectivity index (χ2n) is 9.85. The molecule has 36 heavy (non-hydrogen) atoms. The Morgan fingerprint density at radius 1 is 1.14 bits per heavy atom. The number of nitrogens with zero attached hydrogens (tertiary/aromatic N) is 3. The topological polar surface area (TPSA) is 77.2 Å². The van der Waals surface area contributed by atoms with E-state index in [2.05, 4.69) is 5.10 Å². The largest absolute Gasteiger partial charge is 0.479 e. The number of carbonyl (C=O) groups is 1. The second-order valence-corrected chi connectivity index (χ2v) is 11.3. The summed E-state index contributed by atoms with van der Waals surface area (Å²) in [6, 6.07) is 15.4. The molecule has 184 valence electrons. The Morgan fingerprint density at radius 3 is 2.53 bits per heavy atom. The highest BCUT2D eigenvalue weighted by Gasteiger charge is 2.32. The quantitative estimate of drug-likeness (QED) is 0.261. The van der Waals surface area contributed by atoms with E-state index in [1.807, 2.05) is 89.5 Å². The highest BCUT2D eigenvalue weighted by Crippen LogP contribution is 2.45. The molecule has 1 atom stereocenters. The van der Waals surface area contributed by atoms with Crippen molar-refractivity contribution in [1.29, 1.82) is 0 Å². The van der Waals surface area contributed by atoms with E-state index in [-0.39, 0.29) is 0 Å². The third-order valence-electron chi connectivity index (χ3n) is 5.91. The number of ether oxygens (including phenoxy) is 1. The molecule has 0 aliphatic rings. The van der Waals surface area contributed by atoms with Crippen LogP contribution in [-0.2, 0) is 16.6 Å². The van der Waals surface area contributed by atoms with E-state index in [1.165, 1.54) is 0 Å². The number of thiazole rings is 1. The molecule has 5 aromatic rings. The molecule has 0 saturated carbocycles. The summed E-state index contributed by atoms with van der Waals surface area (Å²) in [4.78, 5) is 17.5. The van der Waals surface area contributed by atoms with Crippen molar-refractivity contribution in [3.05, 3.63) is 70.9 Å². The summed E-state index contributed by atoms with van der Waals surface area (Å²) in [5.74, 6) is -1.03. The number of hydrogen-bond donors (Lipinski definition) is 1.